The van der Waals surface area contributed by atoms with E-state index in [-0.39, 0.29) is 5.03 Å². The number of imidazole rings is 1. The van der Waals surface area contributed by atoms with E-state index >= 15 is 0 Å². The summed E-state index contributed by atoms with van der Waals surface area (Å²) in [6.07, 6.45) is 3.22. The summed E-state index contributed by atoms with van der Waals surface area (Å²) in [4.78, 5) is 4.03. The van der Waals surface area contributed by atoms with Gasteiger partial charge in [-0.1, -0.05) is 20.8 Å². The summed E-state index contributed by atoms with van der Waals surface area (Å²) in [6, 6.07) is 0. The number of hydrogen-bond donors (Lipinski definition) is 1. The van der Waals surface area contributed by atoms with Crippen molar-refractivity contribution in [2.45, 2.75) is 45.2 Å². The summed E-state index contributed by atoms with van der Waals surface area (Å²) in [5.74, 6) is 1.34. The smallest absolute Gasteiger partial charge is 0.257 e. The molecule has 1 aromatic rings. The zero-order chi connectivity index (χ0) is 12.3. The molecule has 16 heavy (non-hydrogen) atoms. The Hall–Kier alpha value is -0.880. The third-order valence-electron chi connectivity index (χ3n) is 2.39. The van der Waals surface area contributed by atoms with Crippen LogP contribution in [0, 0.1) is 5.92 Å². The van der Waals surface area contributed by atoms with Crippen molar-refractivity contribution >= 4 is 10.0 Å². The number of aromatic nitrogens is 2. The fraction of sp³-hybridized carbons (Fsp3) is 0.700. The number of aryl methyl sites for hydroxylation is 2. The summed E-state index contributed by atoms with van der Waals surface area (Å²) in [6.45, 7) is 6.98. The minimum Gasteiger partial charge on any atom is -0.333 e. The molecule has 6 heteroatoms. The molecule has 0 aliphatic heterocycles. The average Bonchev–Trinajstić information content (AvgIpc) is 2.56. The Balaban J connectivity index is 2.96. The number of sulfonamides is 1. The first-order valence-electron chi connectivity index (χ1n) is 5.43. The molecule has 5 nitrogen and oxygen atoms in total. The maximum Gasteiger partial charge on any atom is 0.257 e. The molecule has 0 amide bonds. The van der Waals surface area contributed by atoms with Gasteiger partial charge in [-0.3, -0.25) is 0 Å². The molecular weight excluding hydrogens is 226 g/mol. The van der Waals surface area contributed by atoms with Crippen LogP contribution in [-0.4, -0.2) is 18.0 Å². The van der Waals surface area contributed by atoms with Crippen molar-refractivity contribution in [3.63, 3.8) is 0 Å². The van der Waals surface area contributed by atoms with Crippen LogP contribution in [0.3, 0.4) is 0 Å². The number of rotatable bonds is 5. The van der Waals surface area contributed by atoms with Crippen LogP contribution in [0.25, 0.3) is 0 Å². The molecule has 1 aromatic heterocycles. The van der Waals surface area contributed by atoms with Gasteiger partial charge in [-0.15, -0.1) is 0 Å². The van der Waals surface area contributed by atoms with Gasteiger partial charge in [-0.2, -0.15) is 0 Å². The van der Waals surface area contributed by atoms with E-state index in [2.05, 4.69) is 18.8 Å². The molecule has 0 saturated heterocycles. The topological polar surface area (TPSA) is 78.0 Å². The van der Waals surface area contributed by atoms with Gasteiger partial charge in [-0.05, 0) is 12.3 Å². The lowest BCUT2D eigenvalue weighted by atomic mass is 10.1. The molecule has 1 heterocycles. The van der Waals surface area contributed by atoms with E-state index in [0.29, 0.717) is 12.3 Å². The number of nitrogens with zero attached hydrogens (tertiary/aromatic N) is 2. The first-order valence-corrected chi connectivity index (χ1v) is 6.98. The van der Waals surface area contributed by atoms with E-state index in [4.69, 9.17) is 5.14 Å². The molecule has 2 N–H and O–H groups in total. The lowest BCUT2D eigenvalue weighted by Gasteiger charge is -2.07. The minimum absolute atomic E-state index is 0.0342. The van der Waals surface area contributed by atoms with Crippen LogP contribution in [0.5, 0.6) is 0 Å². The highest BCUT2D eigenvalue weighted by atomic mass is 32.2. The van der Waals surface area contributed by atoms with Gasteiger partial charge < -0.3 is 4.57 Å². The summed E-state index contributed by atoms with van der Waals surface area (Å²) in [5.41, 5.74) is 0. The van der Waals surface area contributed by atoms with Crippen LogP contribution in [0.15, 0.2) is 11.2 Å². The van der Waals surface area contributed by atoms with Gasteiger partial charge in [0.2, 0.25) is 0 Å². The van der Waals surface area contributed by atoms with E-state index in [1.165, 1.54) is 6.20 Å². The third kappa shape index (κ3) is 3.31. The molecule has 0 fully saturated rings. The van der Waals surface area contributed by atoms with E-state index in [9.17, 15) is 8.42 Å². The van der Waals surface area contributed by atoms with Crippen LogP contribution in [0.4, 0.5) is 0 Å². The molecule has 0 unspecified atom stereocenters. The maximum atomic E-state index is 11.2. The van der Waals surface area contributed by atoms with Crippen LogP contribution in [0.2, 0.25) is 0 Å². The number of hydrogen-bond acceptors (Lipinski definition) is 3. The van der Waals surface area contributed by atoms with E-state index in [1.807, 2.05) is 11.5 Å². The van der Waals surface area contributed by atoms with Gasteiger partial charge in [0.05, 0.1) is 0 Å². The number of primary sulfonamides is 1. The van der Waals surface area contributed by atoms with Crippen LogP contribution in [0.1, 0.15) is 33.0 Å². The van der Waals surface area contributed by atoms with Crippen molar-refractivity contribution in [1.29, 1.82) is 0 Å². The Morgan fingerprint density at radius 2 is 2.12 bits per heavy atom. The highest BCUT2D eigenvalue weighted by Gasteiger charge is 2.15. The molecule has 92 valence electrons. The molecule has 0 bridgehead atoms. The summed E-state index contributed by atoms with van der Waals surface area (Å²) < 4.78 is 24.2. The van der Waals surface area contributed by atoms with Gasteiger partial charge in [0.1, 0.15) is 5.82 Å². The third-order valence-corrected chi connectivity index (χ3v) is 3.17. The summed E-state index contributed by atoms with van der Waals surface area (Å²) in [7, 11) is -3.69. The normalized spacial score (nSPS) is 12.3. The average molecular weight is 245 g/mol. The van der Waals surface area contributed by atoms with E-state index in [1.54, 1.807) is 0 Å². The van der Waals surface area contributed by atoms with Crippen LogP contribution >= 0.6 is 0 Å². The Morgan fingerprint density at radius 3 is 2.56 bits per heavy atom. The van der Waals surface area contributed by atoms with Crippen LogP contribution < -0.4 is 5.14 Å². The highest BCUT2D eigenvalue weighted by Crippen LogP contribution is 2.11. The summed E-state index contributed by atoms with van der Waals surface area (Å²) >= 11 is 0. The van der Waals surface area contributed by atoms with E-state index < -0.39 is 10.0 Å². The predicted octanol–water partition coefficient (Wildman–Crippen LogP) is 1.14. The predicted molar refractivity (Wildman–Crippen MR) is 62.4 cm³/mol. The first kappa shape index (κ1) is 13.2. The largest absolute Gasteiger partial charge is 0.333 e. The van der Waals surface area contributed by atoms with Crippen molar-refractivity contribution in [2.24, 2.45) is 11.1 Å². The first-order chi connectivity index (χ1) is 7.34. The van der Waals surface area contributed by atoms with Crippen molar-refractivity contribution < 1.29 is 8.42 Å². The quantitative estimate of drug-likeness (QED) is 0.845. The molecular formula is C10H19N3O2S. The van der Waals surface area contributed by atoms with Gasteiger partial charge >= 0.3 is 0 Å². The lowest BCUT2D eigenvalue weighted by molar-refractivity contribution is 0.506. The summed E-state index contributed by atoms with van der Waals surface area (Å²) in [5, 5.41) is 5.01. The van der Waals surface area contributed by atoms with Gasteiger partial charge in [-0.25, -0.2) is 18.5 Å². The molecule has 0 aromatic carbocycles. The van der Waals surface area contributed by atoms with Crippen molar-refractivity contribution in [1.82, 2.24) is 9.55 Å². The monoisotopic (exact) mass is 245 g/mol. The lowest BCUT2D eigenvalue weighted by Crippen LogP contribution is -2.12. The second kappa shape index (κ2) is 4.97. The standard InChI is InChI=1S/C10H19N3O2S/c1-4-9-12-10(16(11,14)15)7-13(9)6-5-8(2)3/h7-8H,4-6H2,1-3H3,(H2,11,14,15). The molecule has 0 aliphatic carbocycles. The highest BCUT2D eigenvalue weighted by molar-refractivity contribution is 7.89. The molecule has 1 rings (SSSR count). The Bertz CT molecular complexity index is 449. The fourth-order valence-corrected chi connectivity index (χ4v) is 1.95. The van der Waals surface area contributed by atoms with Gasteiger partial charge in [0, 0.05) is 19.2 Å². The Kier molecular flexibility index (Phi) is 4.09. The van der Waals surface area contributed by atoms with Crippen molar-refractivity contribution in [3.05, 3.63) is 12.0 Å². The SMILES string of the molecule is CCc1nc(S(N)(=O)=O)cn1CCC(C)C. The maximum absolute atomic E-state index is 11.2. The Morgan fingerprint density at radius 1 is 1.50 bits per heavy atom. The second-order valence-electron chi connectivity index (χ2n) is 4.27. The zero-order valence-corrected chi connectivity index (χ0v) is 10.8. The molecule has 0 aliphatic rings. The van der Waals surface area contributed by atoms with E-state index in [0.717, 1.165) is 18.8 Å². The minimum atomic E-state index is -3.69. The fourth-order valence-electron chi connectivity index (χ4n) is 1.44. The second-order valence-corrected chi connectivity index (χ2v) is 5.78. The number of nitrogens with two attached hydrogens (primary N) is 1. The molecule has 0 atom stereocenters. The molecule has 0 radical (unpaired) electrons. The van der Waals surface area contributed by atoms with Crippen molar-refractivity contribution in [3.8, 4) is 0 Å². The van der Waals surface area contributed by atoms with Crippen LogP contribution in [-0.2, 0) is 23.0 Å². The van der Waals surface area contributed by atoms with Gasteiger partial charge in [0.25, 0.3) is 10.0 Å². The van der Waals surface area contributed by atoms with Crippen molar-refractivity contribution in [2.75, 3.05) is 0 Å². The van der Waals surface area contributed by atoms with Gasteiger partial charge in [0.15, 0.2) is 5.03 Å². The Labute approximate surface area is 96.7 Å². The molecule has 0 spiro atoms. The molecule has 0 saturated carbocycles. The zero-order valence-electron chi connectivity index (χ0n) is 9.97.